The molecule has 1 N–H and O–H groups in total. The van der Waals surface area contributed by atoms with Crippen molar-refractivity contribution < 1.29 is 13.2 Å². The van der Waals surface area contributed by atoms with Crippen molar-refractivity contribution in [3.8, 4) is 0 Å². The quantitative estimate of drug-likeness (QED) is 0.508. The Balaban J connectivity index is 0.00000277. The van der Waals surface area contributed by atoms with Gasteiger partial charge in [-0.05, 0) is 43.6 Å². The summed E-state index contributed by atoms with van der Waals surface area (Å²) in [5.41, 5.74) is 0.290. The van der Waals surface area contributed by atoms with Crippen LogP contribution in [-0.2, 0) is 12.7 Å². The molecule has 0 fully saturated rings. The van der Waals surface area contributed by atoms with Gasteiger partial charge in [-0.2, -0.15) is 13.2 Å². The Hall–Kier alpha value is -1.07. The molecule has 0 radical (unpaired) electrons. The first-order valence-electron chi connectivity index (χ1n) is 9.56. The number of hydrogen-bond acceptors (Lipinski definition) is 2. The summed E-state index contributed by atoms with van der Waals surface area (Å²) in [6.45, 7) is 13.1. The van der Waals surface area contributed by atoms with Gasteiger partial charge in [0, 0.05) is 19.6 Å². The Morgan fingerprint density at radius 2 is 1.40 bits per heavy atom. The van der Waals surface area contributed by atoms with Crippen molar-refractivity contribution in [3.05, 3.63) is 35.4 Å². The largest absolute Gasteiger partial charge is 0.416 e. The van der Waals surface area contributed by atoms with Crippen LogP contribution in [0.1, 0.15) is 64.5 Å². The molecule has 1 rings (SSSR count). The highest BCUT2D eigenvalue weighted by molar-refractivity contribution is 5.24. The van der Waals surface area contributed by atoms with Crippen LogP contribution in [0.5, 0.6) is 0 Å². The Kier molecular flexibility index (Phi) is 13.5. The molecule has 0 bridgehead atoms. The molecule has 2 nitrogen and oxygen atoms in total. The molecule has 0 aromatic heterocycles. The number of unbranched alkanes of at least 4 members (excludes halogenated alkanes) is 2. The third kappa shape index (κ3) is 11.2. The molecule has 0 aliphatic heterocycles. The van der Waals surface area contributed by atoms with Crippen LogP contribution in [0.15, 0.2) is 24.3 Å². The number of benzene rings is 1. The number of nitrogens with zero attached hydrogens (tertiary/aromatic N) is 1. The molecular formula is C20H35F3N2. The van der Waals surface area contributed by atoms with Crippen molar-refractivity contribution >= 4 is 0 Å². The first kappa shape index (κ1) is 23.9. The molecule has 0 spiro atoms. The molecular weight excluding hydrogens is 325 g/mol. The standard InChI is InChI=1S/C18H29F3N2.C2H6/c1-3-5-12-23(13-6-4-2)14-11-22-15-16-7-9-17(10-8-16)18(19,20)21;1-2/h7-10,22H,3-6,11-15H2,1-2H3;1-2H3. The molecule has 25 heavy (non-hydrogen) atoms. The van der Waals surface area contributed by atoms with E-state index in [9.17, 15) is 13.2 Å². The first-order valence-corrected chi connectivity index (χ1v) is 9.56. The Morgan fingerprint density at radius 1 is 0.880 bits per heavy atom. The second-order valence-corrected chi connectivity index (χ2v) is 5.92. The van der Waals surface area contributed by atoms with Crippen LogP contribution in [0.4, 0.5) is 13.2 Å². The van der Waals surface area contributed by atoms with Gasteiger partial charge < -0.3 is 10.2 Å². The van der Waals surface area contributed by atoms with Gasteiger partial charge in [-0.3, -0.25) is 0 Å². The number of halogens is 3. The van der Waals surface area contributed by atoms with Crippen LogP contribution in [0.3, 0.4) is 0 Å². The average molecular weight is 361 g/mol. The molecule has 0 aliphatic rings. The molecule has 0 atom stereocenters. The average Bonchev–Trinajstić information content (AvgIpc) is 2.61. The summed E-state index contributed by atoms with van der Waals surface area (Å²) >= 11 is 0. The van der Waals surface area contributed by atoms with E-state index in [4.69, 9.17) is 0 Å². The van der Waals surface area contributed by atoms with E-state index < -0.39 is 11.7 Å². The van der Waals surface area contributed by atoms with E-state index in [0.717, 1.165) is 43.9 Å². The van der Waals surface area contributed by atoms with Gasteiger partial charge in [-0.1, -0.05) is 52.7 Å². The third-order valence-corrected chi connectivity index (χ3v) is 3.87. The lowest BCUT2D eigenvalue weighted by Gasteiger charge is -2.22. The Labute approximate surface area is 151 Å². The van der Waals surface area contributed by atoms with E-state index in [1.807, 2.05) is 13.8 Å². The predicted molar refractivity (Wildman–Crippen MR) is 101 cm³/mol. The second-order valence-electron chi connectivity index (χ2n) is 5.92. The maximum absolute atomic E-state index is 12.5. The van der Waals surface area contributed by atoms with Gasteiger partial charge in [0.1, 0.15) is 0 Å². The van der Waals surface area contributed by atoms with Gasteiger partial charge in [-0.25, -0.2) is 0 Å². The fourth-order valence-corrected chi connectivity index (χ4v) is 2.38. The fraction of sp³-hybridized carbons (Fsp3) is 0.700. The zero-order valence-electron chi connectivity index (χ0n) is 16.3. The van der Waals surface area contributed by atoms with Crippen LogP contribution in [0.2, 0.25) is 0 Å². The van der Waals surface area contributed by atoms with Crippen molar-refractivity contribution in [1.82, 2.24) is 10.2 Å². The predicted octanol–water partition coefficient (Wildman–Crippen LogP) is 5.72. The van der Waals surface area contributed by atoms with Crippen LogP contribution in [0.25, 0.3) is 0 Å². The molecule has 0 aliphatic carbocycles. The van der Waals surface area contributed by atoms with Crippen LogP contribution in [0, 0.1) is 0 Å². The van der Waals surface area contributed by atoms with E-state index in [-0.39, 0.29) is 0 Å². The van der Waals surface area contributed by atoms with Gasteiger partial charge in [0.25, 0.3) is 0 Å². The molecule has 1 aromatic rings. The normalized spacial score (nSPS) is 11.4. The topological polar surface area (TPSA) is 15.3 Å². The number of nitrogens with one attached hydrogen (secondary N) is 1. The molecule has 0 amide bonds. The summed E-state index contributed by atoms with van der Waals surface area (Å²) in [5, 5.41) is 3.32. The fourth-order valence-electron chi connectivity index (χ4n) is 2.38. The van der Waals surface area contributed by atoms with Crippen molar-refractivity contribution in [2.24, 2.45) is 0 Å². The number of hydrogen-bond donors (Lipinski definition) is 1. The van der Waals surface area contributed by atoms with Crippen LogP contribution in [-0.4, -0.2) is 31.1 Å². The number of alkyl halides is 3. The van der Waals surface area contributed by atoms with Crippen molar-refractivity contribution in [2.45, 2.75) is 66.1 Å². The van der Waals surface area contributed by atoms with Gasteiger partial charge in [0.15, 0.2) is 0 Å². The van der Waals surface area contributed by atoms with E-state index in [0.29, 0.717) is 6.54 Å². The van der Waals surface area contributed by atoms with Gasteiger partial charge in [0.05, 0.1) is 5.56 Å². The third-order valence-electron chi connectivity index (χ3n) is 3.87. The van der Waals surface area contributed by atoms with Crippen molar-refractivity contribution in [3.63, 3.8) is 0 Å². The molecule has 0 saturated carbocycles. The molecule has 146 valence electrons. The smallest absolute Gasteiger partial charge is 0.311 e. The first-order chi connectivity index (χ1) is 12.0. The molecule has 0 unspecified atom stereocenters. The monoisotopic (exact) mass is 360 g/mol. The maximum Gasteiger partial charge on any atom is 0.416 e. The Morgan fingerprint density at radius 3 is 1.84 bits per heavy atom. The lowest BCUT2D eigenvalue weighted by molar-refractivity contribution is -0.137. The van der Waals surface area contributed by atoms with E-state index in [1.54, 1.807) is 12.1 Å². The van der Waals surface area contributed by atoms with Gasteiger partial charge in [-0.15, -0.1) is 0 Å². The zero-order chi connectivity index (χ0) is 19.1. The summed E-state index contributed by atoms with van der Waals surface area (Å²) in [6.07, 6.45) is 0.555. The minimum Gasteiger partial charge on any atom is -0.311 e. The Bertz CT molecular complexity index is 408. The second kappa shape index (κ2) is 14.1. The van der Waals surface area contributed by atoms with Gasteiger partial charge >= 0.3 is 6.18 Å². The highest BCUT2D eigenvalue weighted by atomic mass is 19.4. The molecule has 0 saturated heterocycles. The van der Waals surface area contributed by atoms with E-state index in [2.05, 4.69) is 24.1 Å². The maximum atomic E-state index is 12.5. The highest BCUT2D eigenvalue weighted by Crippen LogP contribution is 2.28. The summed E-state index contributed by atoms with van der Waals surface area (Å²) in [7, 11) is 0. The zero-order valence-corrected chi connectivity index (χ0v) is 16.3. The number of rotatable bonds is 11. The molecule has 1 aromatic carbocycles. The highest BCUT2D eigenvalue weighted by Gasteiger charge is 2.29. The molecule has 0 heterocycles. The summed E-state index contributed by atoms with van der Waals surface area (Å²) in [4.78, 5) is 2.47. The lowest BCUT2D eigenvalue weighted by atomic mass is 10.1. The summed E-state index contributed by atoms with van der Waals surface area (Å²) in [6, 6.07) is 5.38. The minimum atomic E-state index is -4.26. The van der Waals surface area contributed by atoms with Gasteiger partial charge in [0.2, 0.25) is 0 Å². The van der Waals surface area contributed by atoms with E-state index >= 15 is 0 Å². The minimum absolute atomic E-state index is 0.591. The molecule has 5 heteroatoms. The summed E-state index contributed by atoms with van der Waals surface area (Å²) in [5.74, 6) is 0. The lowest BCUT2D eigenvalue weighted by Crippen LogP contribution is -2.33. The van der Waals surface area contributed by atoms with Crippen LogP contribution < -0.4 is 5.32 Å². The van der Waals surface area contributed by atoms with Crippen LogP contribution >= 0.6 is 0 Å². The van der Waals surface area contributed by atoms with E-state index in [1.165, 1.54) is 25.7 Å². The van der Waals surface area contributed by atoms with Crippen molar-refractivity contribution in [1.29, 1.82) is 0 Å². The van der Waals surface area contributed by atoms with Crippen molar-refractivity contribution in [2.75, 3.05) is 26.2 Å². The SMILES string of the molecule is CC.CCCCN(CCCC)CCNCc1ccc(C(F)(F)F)cc1. The summed E-state index contributed by atoms with van der Waals surface area (Å²) < 4.78 is 37.5.